The quantitative estimate of drug-likeness (QED) is 0.920. The topological polar surface area (TPSA) is 62.3 Å². The molecule has 0 spiro atoms. The van der Waals surface area contributed by atoms with Crippen molar-refractivity contribution in [1.29, 1.82) is 0 Å². The maximum Gasteiger partial charge on any atom is 0.244 e. The fourth-order valence-corrected chi connectivity index (χ4v) is 3.00. The van der Waals surface area contributed by atoms with Crippen LogP contribution in [-0.2, 0) is 16.6 Å². The predicted molar refractivity (Wildman–Crippen MR) is 83.6 cm³/mol. The van der Waals surface area contributed by atoms with Crippen molar-refractivity contribution < 1.29 is 8.42 Å². The van der Waals surface area contributed by atoms with Gasteiger partial charge in [-0.1, -0.05) is 29.8 Å². The van der Waals surface area contributed by atoms with E-state index in [1.54, 1.807) is 26.2 Å². The predicted octanol–water partition coefficient (Wildman–Crippen LogP) is 2.25. The Morgan fingerprint density at radius 3 is 2.33 bits per heavy atom. The van der Waals surface area contributed by atoms with Crippen LogP contribution in [0.1, 0.15) is 11.1 Å². The molecular formula is C15H19N3O2S. The van der Waals surface area contributed by atoms with Crippen LogP contribution in [0.2, 0.25) is 0 Å². The number of pyridine rings is 1. The Kier molecular flexibility index (Phi) is 4.59. The number of aromatic nitrogens is 1. The Bertz CT molecular complexity index is 695. The molecular weight excluding hydrogens is 286 g/mol. The summed E-state index contributed by atoms with van der Waals surface area (Å²) >= 11 is 0. The zero-order chi connectivity index (χ0) is 15.5. The van der Waals surface area contributed by atoms with Gasteiger partial charge in [0.15, 0.2) is 0 Å². The van der Waals surface area contributed by atoms with Gasteiger partial charge >= 0.3 is 0 Å². The second-order valence-corrected chi connectivity index (χ2v) is 6.92. The monoisotopic (exact) mass is 305 g/mol. The van der Waals surface area contributed by atoms with Crippen LogP contribution in [0.3, 0.4) is 0 Å². The lowest BCUT2D eigenvalue weighted by molar-refractivity contribution is 0.466. The summed E-state index contributed by atoms with van der Waals surface area (Å²) in [6.07, 6.45) is 1.37. The van der Waals surface area contributed by atoms with Gasteiger partial charge < -0.3 is 5.32 Å². The molecule has 0 atom stereocenters. The number of sulfonamides is 1. The molecule has 1 heterocycles. The van der Waals surface area contributed by atoms with E-state index in [0.717, 1.165) is 11.1 Å². The minimum Gasteiger partial charge on any atom is -0.373 e. The van der Waals surface area contributed by atoms with Crippen molar-refractivity contribution >= 4 is 15.8 Å². The average Bonchev–Trinajstić information content (AvgIpc) is 2.49. The fourth-order valence-electron chi connectivity index (χ4n) is 1.90. The SMILES string of the molecule is CNc1ccc(S(=O)(=O)N(C)Cc2ccc(C)cc2)cn1. The van der Waals surface area contributed by atoms with Gasteiger partial charge in [0.1, 0.15) is 10.7 Å². The van der Waals surface area contributed by atoms with E-state index in [4.69, 9.17) is 0 Å². The third-order valence-electron chi connectivity index (χ3n) is 3.23. The molecule has 1 aromatic carbocycles. The lowest BCUT2D eigenvalue weighted by Crippen LogP contribution is -2.26. The van der Waals surface area contributed by atoms with E-state index in [9.17, 15) is 8.42 Å². The molecule has 1 N–H and O–H groups in total. The van der Waals surface area contributed by atoms with Crippen LogP contribution in [0.4, 0.5) is 5.82 Å². The Morgan fingerprint density at radius 1 is 1.14 bits per heavy atom. The lowest BCUT2D eigenvalue weighted by Gasteiger charge is -2.17. The molecule has 1 aromatic heterocycles. The number of aryl methyl sites for hydroxylation is 1. The summed E-state index contributed by atoms with van der Waals surface area (Å²) in [4.78, 5) is 4.24. The lowest BCUT2D eigenvalue weighted by atomic mass is 10.1. The second kappa shape index (κ2) is 6.24. The molecule has 21 heavy (non-hydrogen) atoms. The summed E-state index contributed by atoms with van der Waals surface area (Å²) in [7, 11) is -0.222. The molecule has 0 saturated heterocycles. The van der Waals surface area contributed by atoms with Crippen molar-refractivity contribution in [1.82, 2.24) is 9.29 Å². The molecule has 2 rings (SSSR count). The number of nitrogens with zero attached hydrogens (tertiary/aromatic N) is 2. The molecule has 6 heteroatoms. The molecule has 0 fully saturated rings. The molecule has 0 unspecified atom stereocenters. The summed E-state index contributed by atoms with van der Waals surface area (Å²) in [6, 6.07) is 11.0. The Hall–Kier alpha value is -1.92. The molecule has 2 aromatic rings. The van der Waals surface area contributed by atoms with Crippen LogP contribution in [0.5, 0.6) is 0 Å². The van der Waals surface area contributed by atoms with Gasteiger partial charge in [-0.2, -0.15) is 4.31 Å². The first-order valence-corrected chi connectivity index (χ1v) is 8.03. The summed E-state index contributed by atoms with van der Waals surface area (Å²) < 4.78 is 26.3. The Balaban J connectivity index is 2.19. The summed E-state index contributed by atoms with van der Waals surface area (Å²) in [6.45, 7) is 2.33. The highest BCUT2D eigenvalue weighted by atomic mass is 32.2. The molecule has 0 radical (unpaired) electrons. The van der Waals surface area contributed by atoms with Crippen molar-refractivity contribution in [2.24, 2.45) is 0 Å². The molecule has 0 amide bonds. The third-order valence-corrected chi connectivity index (χ3v) is 5.01. The second-order valence-electron chi connectivity index (χ2n) is 4.88. The third kappa shape index (κ3) is 3.59. The number of hydrogen-bond donors (Lipinski definition) is 1. The normalized spacial score (nSPS) is 11.6. The highest BCUT2D eigenvalue weighted by Gasteiger charge is 2.21. The van der Waals surface area contributed by atoms with Gasteiger partial charge in [-0.05, 0) is 24.6 Å². The van der Waals surface area contributed by atoms with Crippen molar-refractivity contribution in [2.45, 2.75) is 18.4 Å². The van der Waals surface area contributed by atoms with Crippen LogP contribution < -0.4 is 5.32 Å². The van der Waals surface area contributed by atoms with E-state index in [2.05, 4.69) is 10.3 Å². The van der Waals surface area contributed by atoms with Gasteiger partial charge in [0.05, 0.1) is 0 Å². The minimum atomic E-state index is -3.53. The van der Waals surface area contributed by atoms with Crippen molar-refractivity contribution in [2.75, 3.05) is 19.4 Å². The van der Waals surface area contributed by atoms with Crippen molar-refractivity contribution in [3.8, 4) is 0 Å². The molecule has 0 aliphatic carbocycles. The highest BCUT2D eigenvalue weighted by molar-refractivity contribution is 7.89. The first kappa shape index (κ1) is 15.5. The van der Waals surface area contributed by atoms with Crippen LogP contribution in [-0.4, -0.2) is 31.8 Å². The maximum absolute atomic E-state index is 12.5. The van der Waals surface area contributed by atoms with Gasteiger partial charge in [-0.15, -0.1) is 0 Å². The van der Waals surface area contributed by atoms with Gasteiger partial charge in [0, 0.05) is 26.8 Å². The number of anilines is 1. The van der Waals surface area contributed by atoms with Crippen LogP contribution in [0, 0.1) is 6.92 Å². The largest absolute Gasteiger partial charge is 0.373 e. The number of benzene rings is 1. The zero-order valence-corrected chi connectivity index (χ0v) is 13.2. The summed E-state index contributed by atoms with van der Waals surface area (Å²) in [5, 5.41) is 2.86. The van der Waals surface area contributed by atoms with Gasteiger partial charge in [-0.25, -0.2) is 13.4 Å². The molecule has 0 bridgehead atoms. The van der Waals surface area contributed by atoms with Crippen molar-refractivity contribution in [3.63, 3.8) is 0 Å². The minimum absolute atomic E-state index is 0.191. The first-order valence-electron chi connectivity index (χ1n) is 6.59. The summed E-state index contributed by atoms with van der Waals surface area (Å²) in [5.74, 6) is 0.634. The number of hydrogen-bond acceptors (Lipinski definition) is 4. The van der Waals surface area contributed by atoms with E-state index >= 15 is 0 Å². The van der Waals surface area contributed by atoms with Crippen LogP contribution >= 0.6 is 0 Å². The van der Waals surface area contributed by atoms with Crippen LogP contribution in [0.15, 0.2) is 47.5 Å². The average molecular weight is 305 g/mol. The Morgan fingerprint density at radius 2 is 1.81 bits per heavy atom. The van der Waals surface area contributed by atoms with Gasteiger partial charge in [0.2, 0.25) is 10.0 Å². The van der Waals surface area contributed by atoms with Gasteiger partial charge in [0.25, 0.3) is 0 Å². The molecule has 0 saturated carbocycles. The van der Waals surface area contributed by atoms with E-state index < -0.39 is 10.0 Å². The van der Waals surface area contributed by atoms with Crippen LogP contribution in [0.25, 0.3) is 0 Å². The molecule has 112 valence electrons. The summed E-state index contributed by atoms with van der Waals surface area (Å²) in [5.41, 5.74) is 2.10. The van der Waals surface area contributed by atoms with E-state index in [0.29, 0.717) is 12.4 Å². The standard InChI is InChI=1S/C15H19N3O2S/c1-12-4-6-13(7-5-12)11-18(3)21(19,20)14-8-9-15(16-2)17-10-14/h4-10H,11H2,1-3H3,(H,16,17). The maximum atomic E-state index is 12.5. The molecule has 5 nitrogen and oxygen atoms in total. The Labute approximate surface area is 125 Å². The van der Waals surface area contributed by atoms with Gasteiger partial charge in [-0.3, -0.25) is 0 Å². The number of rotatable bonds is 5. The van der Waals surface area contributed by atoms with E-state index in [-0.39, 0.29) is 4.90 Å². The smallest absolute Gasteiger partial charge is 0.244 e. The van der Waals surface area contributed by atoms with E-state index in [1.165, 1.54) is 10.5 Å². The fraction of sp³-hybridized carbons (Fsp3) is 0.267. The zero-order valence-electron chi connectivity index (χ0n) is 12.4. The van der Waals surface area contributed by atoms with Crippen molar-refractivity contribution in [3.05, 3.63) is 53.7 Å². The molecule has 0 aliphatic heterocycles. The molecule has 0 aliphatic rings. The number of nitrogens with one attached hydrogen (secondary N) is 1. The highest BCUT2D eigenvalue weighted by Crippen LogP contribution is 2.17. The first-order chi connectivity index (χ1) is 9.93. The van der Waals surface area contributed by atoms with E-state index in [1.807, 2.05) is 31.2 Å².